The summed E-state index contributed by atoms with van der Waals surface area (Å²) in [6.07, 6.45) is 3.57. The van der Waals surface area contributed by atoms with Gasteiger partial charge in [0.05, 0.1) is 6.20 Å². The van der Waals surface area contributed by atoms with Gasteiger partial charge in [0, 0.05) is 11.6 Å². The predicted molar refractivity (Wildman–Crippen MR) is 62.2 cm³/mol. The van der Waals surface area contributed by atoms with Crippen molar-refractivity contribution in [3.63, 3.8) is 0 Å². The molecule has 0 radical (unpaired) electrons. The third-order valence-electron chi connectivity index (χ3n) is 2.23. The van der Waals surface area contributed by atoms with Crippen LogP contribution in [0.3, 0.4) is 0 Å². The van der Waals surface area contributed by atoms with Crippen molar-refractivity contribution in [3.05, 3.63) is 42.7 Å². The Morgan fingerprint density at radius 3 is 2.94 bits per heavy atom. The maximum atomic E-state index is 4.36. The molecule has 5 heteroatoms. The number of hydrogen-bond donors (Lipinski definition) is 1. The first-order valence-electron chi connectivity index (χ1n) is 4.81. The molecule has 0 bridgehead atoms. The Labute approximate surface area is 96.1 Å². The number of fused-ring (bicyclic) bond motifs is 1. The van der Waals surface area contributed by atoms with Gasteiger partial charge in [0.25, 0.3) is 0 Å². The molecule has 0 atom stereocenters. The molecule has 16 heavy (non-hydrogen) atoms. The highest BCUT2D eigenvalue weighted by Gasteiger charge is 2.05. The summed E-state index contributed by atoms with van der Waals surface area (Å²) in [6.45, 7) is 0. The second kappa shape index (κ2) is 3.94. The van der Waals surface area contributed by atoms with E-state index in [1.54, 1.807) is 6.20 Å². The predicted octanol–water partition coefficient (Wildman–Crippen LogP) is 2.50. The maximum absolute atomic E-state index is 4.36. The molecule has 1 aromatic carbocycles. The first-order valence-corrected chi connectivity index (χ1v) is 5.63. The molecule has 2 aromatic heterocycles. The number of hydrogen-bond acceptors (Lipinski definition) is 4. The number of aromatic amines is 1. The van der Waals surface area contributed by atoms with Gasteiger partial charge in [-0.1, -0.05) is 29.5 Å². The molecule has 2 heterocycles. The minimum atomic E-state index is 0.823. The highest BCUT2D eigenvalue weighted by Crippen LogP contribution is 2.29. The van der Waals surface area contributed by atoms with Gasteiger partial charge in [0.2, 0.25) is 0 Å². The lowest BCUT2D eigenvalue weighted by molar-refractivity contribution is 0.910. The lowest BCUT2D eigenvalue weighted by atomic mass is 10.2. The molecule has 0 aliphatic heterocycles. The molecule has 0 amide bonds. The molecule has 0 aliphatic rings. The number of nitrogens with zero attached hydrogens (tertiary/aromatic N) is 3. The SMILES string of the molecule is c1ccc2c(Sc3c[nH]nn3)nccc2c1. The molecule has 78 valence electrons. The van der Waals surface area contributed by atoms with E-state index in [2.05, 4.69) is 32.5 Å². The summed E-state index contributed by atoms with van der Waals surface area (Å²) in [4.78, 5) is 4.36. The topological polar surface area (TPSA) is 54.5 Å². The summed E-state index contributed by atoms with van der Waals surface area (Å²) >= 11 is 1.51. The van der Waals surface area contributed by atoms with Crippen molar-refractivity contribution in [2.24, 2.45) is 0 Å². The average molecular weight is 228 g/mol. The fourth-order valence-corrected chi connectivity index (χ4v) is 2.31. The number of nitrogens with one attached hydrogen (secondary N) is 1. The fraction of sp³-hybridized carbons (Fsp3) is 0. The summed E-state index contributed by atoms with van der Waals surface area (Å²) in [6, 6.07) is 10.2. The second-order valence-corrected chi connectivity index (χ2v) is 4.26. The maximum Gasteiger partial charge on any atom is 0.144 e. The first kappa shape index (κ1) is 9.35. The van der Waals surface area contributed by atoms with Gasteiger partial charge in [0.15, 0.2) is 0 Å². The average Bonchev–Trinajstić information content (AvgIpc) is 2.82. The molecule has 0 unspecified atom stereocenters. The normalized spacial score (nSPS) is 10.8. The highest BCUT2D eigenvalue weighted by molar-refractivity contribution is 7.99. The van der Waals surface area contributed by atoms with E-state index in [-0.39, 0.29) is 0 Å². The Morgan fingerprint density at radius 2 is 2.06 bits per heavy atom. The van der Waals surface area contributed by atoms with Gasteiger partial charge in [-0.25, -0.2) is 4.98 Å². The van der Waals surface area contributed by atoms with Crippen LogP contribution in [0, 0.1) is 0 Å². The zero-order valence-corrected chi connectivity index (χ0v) is 9.11. The van der Waals surface area contributed by atoms with E-state index >= 15 is 0 Å². The molecule has 0 saturated heterocycles. The van der Waals surface area contributed by atoms with Crippen molar-refractivity contribution in [1.29, 1.82) is 0 Å². The molecule has 4 nitrogen and oxygen atoms in total. The van der Waals surface area contributed by atoms with Crippen LogP contribution in [0.15, 0.2) is 52.8 Å². The van der Waals surface area contributed by atoms with Crippen LogP contribution < -0.4 is 0 Å². The Bertz CT molecular complexity index is 601. The van der Waals surface area contributed by atoms with Crippen molar-refractivity contribution < 1.29 is 0 Å². The van der Waals surface area contributed by atoms with E-state index in [0.717, 1.165) is 15.4 Å². The molecular weight excluding hydrogens is 220 g/mol. The van der Waals surface area contributed by atoms with Crippen molar-refractivity contribution in [2.75, 3.05) is 0 Å². The summed E-state index contributed by atoms with van der Waals surface area (Å²) < 4.78 is 0. The minimum absolute atomic E-state index is 0.823. The Kier molecular flexibility index (Phi) is 2.30. The molecule has 0 aliphatic carbocycles. The van der Waals surface area contributed by atoms with Gasteiger partial charge in [-0.3, -0.25) is 5.10 Å². The monoisotopic (exact) mass is 228 g/mol. The van der Waals surface area contributed by atoms with Gasteiger partial charge in [-0.15, -0.1) is 5.10 Å². The summed E-state index contributed by atoms with van der Waals surface area (Å²) in [5, 5.41) is 14.4. The Hall–Kier alpha value is -1.88. The number of benzene rings is 1. The lowest BCUT2D eigenvalue weighted by Crippen LogP contribution is -1.82. The van der Waals surface area contributed by atoms with Crippen LogP contribution >= 0.6 is 11.8 Å². The van der Waals surface area contributed by atoms with Crippen LogP contribution in [0.4, 0.5) is 0 Å². The quantitative estimate of drug-likeness (QED) is 0.732. The molecule has 3 aromatic rings. The Balaban J connectivity index is 2.10. The van der Waals surface area contributed by atoms with Crippen molar-refractivity contribution in [1.82, 2.24) is 20.4 Å². The van der Waals surface area contributed by atoms with Gasteiger partial charge in [-0.2, -0.15) is 0 Å². The third kappa shape index (κ3) is 1.65. The summed E-state index contributed by atoms with van der Waals surface area (Å²) in [5.74, 6) is 0. The molecule has 0 fully saturated rings. The van der Waals surface area contributed by atoms with E-state index < -0.39 is 0 Å². The standard InChI is InChI=1S/C11H8N4S/c1-2-4-9-8(3-1)5-6-12-11(9)16-10-7-13-15-14-10/h1-7H,(H,13,14,15). The van der Waals surface area contributed by atoms with Crippen LogP contribution in [0.1, 0.15) is 0 Å². The summed E-state index contributed by atoms with van der Waals surface area (Å²) in [5.41, 5.74) is 0. The molecule has 0 saturated carbocycles. The van der Waals surface area contributed by atoms with Gasteiger partial charge in [-0.05, 0) is 23.2 Å². The lowest BCUT2D eigenvalue weighted by Gasteiger charge is -2.02. The van der Waals surface area contributed by atoms with Gasteiger partial charge in [0.1, 0.15) is 10.1 Å². The first-order chi connectivity index (χ1) is 7.93. The van der Waals surface area contributed by atoms with Gasteiger partial charge < -0.3 is 0 Å². The third-order valence-corrected chi connectivity index (χ3v) is 3.16. The molecule has 3 rings (SSSR count). The smallest absolute Gasteiger partial charge is 0.144 e. The summed E-state index contributed by atoms with van der Waals surface area (Å²) in [7, 11) is 0. The van der Waals surface area contributed by atoms with Gasteiger partial charge >= 0.3 is 0 Å². The van der Waals surface area contributed by atoms with Crippen molar-refractivity contribution >= 4 is 22.5 Å². The van der Waals surface area contributed by atoms with Crippen molar-refractivity contribution in [2.45, 2.75) is 10.1 Å². The number of H-pyrrole nitrogens is 1. The zero-order valence-electron chi connectivity index (χ0n) is 8.29. The van der Waals surface area contributed by atoms with Crippen molar-refractivity contribution in [3.8, 4) is 0 Å². The second-order valence-electron chi connectivity index (χ2n) is 3.25. The number of pyridine rings is 1. The number of rotatable bonds is 2. The van der Waals surface area contributed by atoms with E-state index in [1.165, 1.54) is 17.1 Å². The zero-order chi connectivity index (χ0) is 10.8. The van der Waals surface area contributed by atoms with Crippen LogP contribution in [0.5, 0.6) is 0 Å². The number of aromatic nitrogens is 4. The van der Waals surface area contributed by atoms with Crippen LogP contribution in [-0.2, 0) is 0 Å². The minimum Gasteiger partial charge on any atom is -0.264 e. The van der Waals surface area contributed by atoms with E-state index in [9.17, 15) is 0 Å². The highest BCUT2D eigenvalue weighted by atomic mass is 32.2. The van der Waals surface area contributed by atoms with Crippen LogP contribution in [-0.4, -0.2) is 20.4 Å². The van der Waals surface area contributed by atoms with Crippen LogP contribution in [0.2, 0.25) is 0 Å². The molecule has 1 N–H and O–H groups in total. The van der Waals surface area contributed by atoms with Crippen LogP contribution in [0.25, 0.3) is 10.8 Å². The van der Waals surface area contributed by atoms with E-state index in [1.807, 2.05) is 24.4 Å². The molecule has 0 spiro atoms. The largest absolute Gasteiger partial charge is 0.264 e. The van der Waals surface area contributed by atoms with E-state index in [4.69, 9.17) is 0 Å². The van der Waals surface area contributed by atoms with E-state index in [0.29, 0.717) is 0 Å². The Morgan fingerprint density at radius 1 is 1.12 bits per heavy atom. The molecular formula is C11H8N4S. The fourth-order valence-electron chi connectivity index (χ4n) is 1.51.